The number of H-pyrrole nitrogens is 2. The van der Waals surface area contributed by atoms with E-state index in [0.717, 1.165) is 11.0 Å². The van der Waals surface area contributed by atoms with Crippen LogP contribution in [0.1, 0.15) is 51.1 Å². The normalized spacial score (nSPS) is 23.3. The zero-order valence-electron chi connectivity index (χ0n) is 13.1. The van der Waals surface area contributed by atoms with E-state index < -0.39 is 0 Å². The molecule has 0 spiro atoms. The Balaban J connectivity index is 1.98. The van der Waals surface area contributed by atoms with Crippen molar-refractivity contribution < 1.29 is 0 Å². The third-order valence-corrected chi connectivity index (χ3v) is 5.20. The number of hydrogen-bond donors (Lipinski definition) is 3. The summed E-state index contributed by atoms with van der Waals surface area (Å²) in [5.74, 6) is 0.624. The van der Waals surface area contributed by atoms with Gasteiger partial charge in [-0.25, -0.2) is 4.79 Å². The number of fused-ring (bicyclic) bond motifs is 1. The predicted octanol–water partition coefficient (Wildman–Crippen LogP) is 3.33. The summed E-state index contributed by atoms with van der Waals surface area (Å²) in [5, 5.41) is 3.51. The van der Waals surface area contributed by atoms with E-state index in [-0.39, 0.29) is 5.69 Å². The third-order valence-electron chi connectivity index (χ3n) is 5.20. The lowest BCUT2D eigenvalue weighted by atomic mass is 9.65. The Morgan fingerprint density at radius 3 is 2.71 bits per heavy atom. The van der Waals surface area contributed by atoms with Gasteiger partial charge in [0.1, 0.15) is 0 Å². The van der Waals surface area contributed by atoms with Crippen LogP contribution in [-0.2, 0) is 0 Å². The van der Waals surface area contributed by atoms with Crippen molar-refractivity contribution >= 4 is 11.0 Å². The van der Waals surface area contributed by atoms with Crippen LogP contribution in [0.4, 0.5) is 0 Å². The number of nitrogens with one attached hydrogen (secondary N) is 3. The van der Waals surface area contributed by atoms with Gasteiger partial charge in [0, 0.05) is 6.04 Å². The highest BCUT2D eigenvalue weighted by atomic mass is 16.1. The van der Waals surface area contributed by atoms with Crippen molar-refractivity contribution in [1.82, 2.24) is 15.3 Å². The summed E-state index contributed by atoms with van der Waals surface area (Å²) in [6, 6.07) is 6.59. The number of aromatic amines is 2. The molecule has 0 aliphatic heterocycles. The van der Waals surface area contributed by atoms with Gasteiger partial charge in [-0.05, 0) is 48.9 Å². The molecule has 2 unspecified atom stereocenters. The molecule has 1 aromatic heterocycles. The summed E-state index contributed by atoms with van der Waals surface area (Å²) >= 11 is 0. The summed E-state index contributed by atoms with van der Waals surface area (Å²) in [6.45, 7) is 4.77. The fourth-order valence-corrected chi connectivity index (χ4v) is 3.98. The highest BCUT2D eigenvalue weighted by Gasteiger charge is 2.37. The maximum atomic E-state index is 11.4. The Labute approximate surface area is 125 Å². The first-order valence-corrected chi connectivity index (χ1v) is 7.90. The summed E-state index contributed by atoms with van der Waals surface area (Å²) < 4.78 is 0. The van der Waals surface area contributed by atoms with Crippen molar-refractivity contribution in [2.24, 2.45) is 11.3 Å². The summed E-state index contributed by atoms with van der Waals surface area (Å²) in [7, 11) is 2.04. The molecule has 1 fully saturated rings. The number of rotatable bonds is 3. The molecule has 0 saturated heterocycles. The Bertz CT molecular complexity index is 683. The minimum absolute atomic E-state index is 0.138. The second-order valence-electron chi connectivity index (χ2n) is 6.99. The largest absolute Gasteiger partial charge is 0.323 e. The summed E-state index contributed by atoms with van der Waals surface area (Å²) in [6.07, 6.45) is 5.21. The molecular formula is C17H25N3O. The fraction of sp³-hybridized carbons (Fsp3) is 0.588. The third kappa shape index (κ3) is 2.64. The van der Waals surface area contributed by atoms with Crippen LogP contribution in [0.15, 0.2) is 23.0 Å². The van der Waals surface area contributed by atoms with Gasteiger partial charge in [0.15, 0.2) is 0 Å². The molecule has 0 bridgehead atoms. The second-order valence-corrected chi connectivity index (χ2v) is 6.99. The summed E-state index contributed by atoms with van der Waals surface area (Å²) in [4.78, 5) is 17.1. The maximum absolute atomic E-state index is 11.4. The second kappa shape index (κ2) is 5.34. The molecule has 1 aliphatic rings. The lowest BCUT2D eigenvalue weighted by Gasteiger charge is -2.43. The van der Waals surface area contributed by atoms with Crippen LogP contribution >= 0.6 is 0 Å². The van der Waals surface area contributed by atoms with E-state index >= 15 is 0 Å². The van der Waals surface area contributed by atoms with Crippen LogP contribution in [0.2, 0.25) is 0 Å². The van der Waals surface area contributed by atoms with Gasteiger partial charge in [0.25, 0.3) is 0 Å². The van der Waals surface area contributed by atoms with Crippen LogP contribution in [0.5, 0.6) is 0 Å². The number of benzene rings is 1. The molecule has 1 heterocycles. The van der Waals surface area contributed by atoms with Crippen molar-refractivity contribution in [2.45, 2.75) is 45.6 Å². The van der Waals surface area contributed by atoms with Gasteiger partial charge >= 0.3 is 5.69 Å². The van der Waals surface area contributed by atoms with Gasteiger partial charge in [-0.15, -0.1) is 0 Å². The van der Waals surface area contributed by atoms with Crippen LogP contribution < -0.4 is 11.0 Å². The lowest BCUT2D eigenvalue weighted by Crippen LogP contribution is -2.37. The molecule has 4 nitrogen and oxygen atoms in total. The molecule has 4 heteroatoms. The molecule has 3 rings (SSSR count). The van der Waals surface area contributed by atoms with Crippen LogP contribution in [0, 0.1) is 11.3 Å². The molecule has 2 aromatic rings. The first-order chi connectivity index (χ1) is 10.0. The Morgan fingerprint density at radius 1 is 1.24 bits per heavy atom. The minimum atomic E-state index is -0.138. The molecule has 3 N–H and O–H groups in total. The highest BCUT2D eigenvalue weighted by Crippen LogP contribution is 2.46. The number of hydrogen-bond acceptors (Lipinski definition) is 2. The van der Waals surface area contributed by atoms with Gasteiger partial charge in [0.2, 0.25) is 0 Å². The van der Waals surface area contributed by atoms with Gasteiger partial charge in [-0.3, -0.25) is 0 Å². The van der Waals surface area contributed by atoms with E-state index in [1.807, 2.05) is 13.1 Å². The van der Waals surface area contributed by atoms with Gasteiger partial charge in [-0.1, -0.05) is 32.8 Å². The summed E-state index contributed by atoms with van der Waals surface area (Å²) in [5.41, 5.74) is 3.25. The SMILES string of the molecule is CNC(c1ccc2[nH]c(=O)[nH]c2c1)C1CCCCC1(C)C. The molecule has 1 aliphatic carbocycles. The van der Waals surface area contributed by atoms with Crippen LogP contribution in [0.3, 0.4) is 0 Å². The monoisotopic (exact) mass is 287 g/mol. The molecule has 0 radical (unpaired) electrons. The predicted molar refractivity (Wildman–Crippen MR) is 86.5 cm³/mol. The Hall–Kier alpha value is -1.55. The molecule has 1 saturated carbocycles. The highest BCUT2D eigenvalue weighted by molar-refractivity contribution is 5.75. The zero-order chi connectivity index (χ0) is 15.0. The van der Waals surface area contributed by atoms with Crippen molar-refractivity contribution in [3.05, 3.63) is 34.2 Å². The molecule has 1 aromatic carbocycles. The Kier molecular flexibility index (Phi) is 3.66. The van der Waals surface area contributed by atoms with Crippen LogP contribution in [0.25, 0.3) is 11.0 Å². The van der Waals surface area contributed by atoms with Gasteiger partial charge in [-0.2, -0.15) is 0 Å². The zero-order valence-corrected chi connectivity index (χ0v) is 13.1. The lowest BCUT2D eigenvalue weighted by molar-refractivity contribution is 0.101. The van der Waals surface area contributed by atoms with E-state index in [2.05, 4.69) is 41.3 Å². The van der Waals surface area contributed by atoms with E-state index in [1.54, 1.807) is 0 Å². The minimum Gasteiger partial charge on any atom is -0.313 e. The molecule has 0 amide bonds. The van der Waals surface area contributed by atoms with Crippen molar-refractivity contribution in [3.8, 4) is 0 Å². The average molecular weight is 287 g/mol. The van der Waals surface area contributed by atoms with Crippen molar-refractivity contribution in [1.29, 1.82) is 0 Å². The Morgan fingerprint density at radius 2 is 2.00 bits per heavy atom. The average Bonchev–Trinajstić information content (AvgIpc) is 2.80. The first-order valence-electron chi connectivity index (χ1n) is 7.90. The standard InChI is InChI=1S/C17H25N3O/c1-17(2)9-5-4-6-12(17)15(18-3)11-7-8-13-14(10-11)20-16(21)19-13/h7-8,10,12,15,18H,4-6,9H2,1-3H3,(H2,19,20,21). The smallest absolute Gasteiger partial charge is 0.313 e. The maximum Gasteiger partial charge on any atom is 0.323 e. The molecule has 2 atom stereocenters. The van der Waals surface area contributed by atoms with Crippen LogP contribution in [-0.4, -0.2) is 17.0 Å². The van der Waals surface area contributed by atoms with E-state index in [0.29, 0.717) is 17.4 Å². The quantitative estimate of drug-likeness (QED) is 0.811. The number of aromatic nitrogens is 2. The molecule has 114 valence electrons. The number of imidazole rings is 1. The van der Waals surface area contributed by atoms with Crippen molar-refractivity contribution in [3.63, 3.8) is 0 Å². The first kappa shape index (κ1) is 14.4. The topological polar surface area (TPSA) is 60.7 Å². The molecule has 21 heavy (non-hydrogen) atoms. The van der Waals surface area contributed by atoms with E-state index in [9.17, 15) is 4.79 Å². The van der Waals surface area contributed by atoms with Gasteiger partial charge < -0.3 is 15.3 Å². The van der Waals surface area contributed by atoms with Crippen molar-refractivity contribution in [2.75, 3.05) is 7.05 Å². The van der Waals surface area contributed by atoms with E-state index in [1.165, 1.54) is 31.2 Å². The molecular weight excluding hydrogens is 262 g/mol. The van der Waals surface area contributed by atoms with Gasteiger partial charge in [0.05, 0.1) is 11.0 Å². The fourth-order valence-electron chi connectivity index (χ4n) is 3.98. The van der Waals surface area contributed by atoms with E-state index in [4.69, 9.17) is 0 Å².